The lowest BCUT2D eigenvalue weighted by molar-refractivity contribution is 0.460. The molecule has 4 heterocycles. The van der Waals surface area contributed by atoms with Crippen molar-refractivity contribution in [2.24, 2.45) is 18.0 Å². The normalized spacial score (nSPS) is 17.8. The molecule has 0 radical (unpaired) electrons. The second-order valence-electron chi connectivity index (χ2n) is 7.10. The molecule has 0 spiro atoms. The Morgan fingerprint density at radius 1 is 1.33 bits per heavy atom. The van der Waals surface area contributed by atoms with E-state index in [4.69, 9.17) is 0 Å². The van der Waals surface area contributed by atoms with Gasteiger partial charge in [0, 0.05) is 52.5 Å². The molecule has 8 nitrogen and oxygen atoms in total. The lowest BCUT2D eigenvalue weighted by atomic mass is 10.0. The van der Waals surface area contributed by atoms with Crippen LogP contribution in [0.4, 0.5) is 0 Å². The van der Waals surface area contributed by atoms with Crippen molar-refractivity contribution in [3.63, 3.8) is 0 Å². The maximum atomic E-state index is 4.47. The molecule has 3 aromatic rings. The Morgan fingerprint density at radius 2 is 2.26 bits per heavy atom. The van der Waals surface area contributed by atoms with Crippen LogP contribution in [0.1, 0.15) is 17.8 Å². The topological polar surface area (TPSA) is 75.6 Å². The zero-order chi connectivity index (χ0) is 18.6. The number of guanidine groups is 1. The molecule has 1 atom stereocenters. The Morgan fingerprint density at radius 3 is 3.07 bits per heavy atom. The summed E-state index contributed by atoms with van der Waals surface area (Å²) in [6, 6.07) is 5.94. The highest BCUT2D eigenvalue weighted by Crippen LogP contribution is 2.20. The number of hydrogen-bond donors (Lipinski definition) is 1. The highest BCUT2D eigenvalue weighted by Gasteiger charge is 2.25. The van der Waals surface area contributed by atoms with E-state index in [1.807, 2.05) is 53.8 Å². The maximum Gasteiger partial charge on any atom is 0.193 e. The molecule has 0 bridgehead atoms. The summed E-state index contributed by atoms with van der Waals surface area (Å²) in [4.78, 5) is 6.82. The van der Waals surface area contributed by atoms with Gasteiger partial charge in [-0.3, -0.25) is 14.1 Å². The lowest BCUT2D eigenvalue weighted by Crippen LogP contribution is -2.41. The molecule has 1 unspecified atom stereocenters. The van der Waals surface area contributed by atoms with Crippen LogP contribution in [-0.2, 0) is 19.9 Å². The summed E-state index contributed by atoms with van der Waals surface area (Å²) >= 11 is 0. The van der Waals surface area contributed by atoms with Crippen LogP contribution in [0.2, 0.25) is 0 Å². The number of fused-ring (bicyclic) bond motifs is 1. The quantitative estimate of drug-likeness (QED) is 0.541. The number of nitrogens with one attached hydrogen (secondary N) is 1. The Labute approximate surface area is 158 Å². The van der Waals surface area contributed by atoms with E-state index in [9.17, 15) is 0 Å². The van der Waals surface area contributed by atoms with Crippen molar-refractivity contribution in [2.45, 2.75) is 19.3 Å². The van der Waals surface area contributed by atoms with Crippen LogP contribution in [0.5, 0.6) is 0 Å². The van der Waals surface area contributed by atoms with E-state index in [1.165, 1.54) is 12.0 Å². The van der Waals surface area contributed by atoms with Crippen molar-refractivity contribution in [3.8, 4) is 0 Å². The van der Waals surface area contributed by atoms with Gasteiger partial charge in [-0.15, -0.1) is 10.2 Å². The second-order valence-corrected chi connectivity index (χ2v) is 7.10. The van der Waals surface area contributed by atoms with Crippen molar-refractivity contribution < 1.29 is 0 Å². The number of nitrogens with zero attached hydrogens (tertiary/aromatic N) is 7. The standard InChI is InChI=1S/C19H26N8/c1-20-19(21-8-6-18-24-23-17-5-3-4-9-27(17)18)26-10-7-15(14-26)11-16-12-22-25(2)13-16/h3-5,9,12-13,15H,6-8,10-11,14H2,1-2H3,(H,20,21). The number of rotatable bonds is 5. The highest BCUT2D eigenvalue weighted by atomic mass is 15.3. The minimum Gasteiger partial charge on any atom is -0.356 e. The van der Waals surface area contributed by atoms with Gasteiger partial charge in [-0.2, -0.15) is 5.10 Å². The average Bonchev–Trinajstić information content (AvgIpc) is 3.40. The molecule has 1 aliphatic heterocycles. The third kappa shape index (κ3) is 3.94. The van der Waals surface area contributed by atoms with E-state index in [1.54, 1.807) is 0 Å². The van der Waals surface area contributed by atoms with Gasteiger partial charge in [0.15, 0.2) is 11.6 Å². The minimum atomic E-state index is 0.646. The van der Waals surface area contributed by atoms with E-state index >= 15 is 0 Å². The Bertz CT molecular complexity index is 925. The van der Waals surface area contributed by atoms with E-state index in [-0.39, 0.29) is 0 Å². The van der Waals surface area contributed by atoms with Gasteiger partial charge in [0.1, 0.15) is 5.82 Å². The van der Waals surface area contributed by atoms with Crippen molar-refractivity contribution in [3.05, 3.63) is 48.2 Å². The predicted octanol–water partition coefficient (Wildman–Crippen LogP) is 1.15. The molecule has 1 N–H and O–H groups in total. The molecule has 4 rings (SSSR count). The Hall–Kier alpha value is -2.90. The van der Waals surface area contributed by atoms with E-state index < -0.39 is 0 Å². The fourth-order valence-corrected chi connectivity index (χ4v) is 3.78. The third-order valence-corrected chi connectivity index (χ3v) is 5.10. The Balaban J connectivity index is 1.29. The number of pyridine rings is 1. The van der Waals surface area contributed by atoms with Gasteiger partial charge < -0.3 is 10.2 Å². The van der Waals surface area contributed by atoms with Gasteiger partial charge >= 0.3 is 0 Å². The largest absolute Gasteiger partial charge is 0.356 e. The molecule has 8 heteroatoms. The highest BCUT2D eigenvalue weighted by molar-refractivity contribution is 5.80. The van der Waals surface area contributed by atoms with Crippen molar-refractivity contribution in [1.29, 1.82) is 0 Å². The van der Waals surface area contributed by atoms with Crippen molar-refractivity contribution in [2.75, 3.05) is 26.7 Å². The van der Waals surface area contributed by atoms with E-state index in [0.29, 0.717) is 5.92 Å². The molecule has 3 aromatic heterocycles. The Kier molecular flexibility index (Phi) is 5.04. The fraction of sp³-hybridized carbons (Fsp3) is 0.474. The number of aryl methyl sites for hydroxylation is 1. The van der Waals surface area contributed by atoms with Crippen LogP contribution < -0.4 is 5.32 Å². The maximum absolute atomic E-state index is 4.47. The average molecular weight is 366 g/mol. The van der Waals surface area contributed by atoms with E-state index in [2.05, 4.69) is 36.7 Å². The summed E-state index contributed by atoms with van der Waals surface area (Å²) in [6.45, 7) is 2.85. The summed E-state index contributed by atoms with van der Waals surface area (Å²) in [7, 11) is 3.82. The first-order valence-corrected chi connectivity index (χ1v) is 9.44. The molecule has 27 heavy (non-hydrogen) atoms. The molecule has 1 saturated heterocycles. The number of likely N-dealkylation sites (tertiary alicyclic amines) is 1. The van der Waals surface area contributed by atoms with Gasteiger partial charge in [0.05, 0.1) is 6.20 Å². The van der Waals surface area contributed by atoms with Crippen molar-refractivity contribution in [1.82, 2.24) is 34.6 Å². The monoisotopic (exact) mass is 366 g/mol. The predicted molar refractivity (Wildman–Crippen MR) is 105 cm³/mol. The van der Waals surface area contributed by atoms with Gasteiger partial charge in [0.25, 0.3) is 0 Å². The molecular weight excluding hydrogens is 340 g/mol. The fourth-order valence-electron chi connectivity index (χ4n) is 3.78. The molecular formula is C19H26N8. The summed E-state index contributed by atoms with van der Waals surface area (Å²) in [5, 5.41) is 16.2. The SMILES string of the molecule is CN=C(NCCc1nnc2ccccn12)N1CCC(Cc2cnn(C)c2)C1. The number of aliphatic imine (C=N–C) groups is 1. The molecule has 1 fully saturated rings. The van der Waals surface area contributed by atoms with Gasteiger partial charge in [-0.25, -0.2) is 0 Å². The summed E-state index contributed by atoms with van der Waals surface area (Å²) in [6.07, 6.45) is 9.15. The molecule has 0 saturated carbocycles. The smallest absolute Gasteiger partial charge is 0.193 e. The van der Waals surface area contributed by atoms with Crippen LogP contribution in [0, 0.1) is 5.92 Å². The lowest BCUT2D eigenvalue weighted by Gasteiger charge is -2.21. The van der Waals surface area contributed by atoms with Gasteiger partial charge in [-0.1, -0.05) is 6.07 Å². The molecule has 0 aromatic carbocycles. The minimum absolute atomic E-state index is 0.646. The molecule has 142 valence electrons. The number of aromatic nitrogens is 5. The second kappa shape index (κ2) is 7.77. The third-order valence-electron chi connectivity index (χ3n) is 5.10. The van der Waals surface area contributed by atoms with Crippen molar-refractivity contribution >= 4 is 11.6 Å². The zero-order valence-corrected chi connectivity index (χ0v) is 15.9. The molecule has 1 aliphatic rings. The van der Waals surface area contributed by atoms with Gasteiger partial charge in [0.2, 0.25) is 0 Å². The van der Waals surface area contributed by atoms with Crippen LogP contribution in [0.3, 0.4) is 0 Å². The molecule has 0 aliphatic carbocycles. The first kappa shape index (κ1) is 17.5. The number of hydrogen-bond acceptors (Lipinski definition) is 4. The summed E-state index contributed by atoms with van der Waals surface area (Å²) < 4.78 is 3.90. The molecule has 0 amide bonds. The first-order chi connectivity index (χ1) is 13.2. The van der Waals surface area contributed by atoms with Crippen LogP contribution in [0.25, 0.3) is 5.65 Å². The van der Waals surface area contributed by atoms with E-state index in [0.717, 1.165) is 49.9 Å². The van der Waals surface area contributed by atoms with Crippen LogP contribution >= 0.6 is 0 Å². The first-order valence-electron chi connectivity index (χ1n) is 9.44. The summed E-state index contributed by atoms with van der Waals surface area (Å²) in [5.41, 5.74) is 2.20. The zero-order valence-electron chi connectivity index (χ0n) is 15.9. The summed E-state index contributed by atoms with van der Waals surface area (Å²) in [5.74, 6) is 2.58. The van der Waals surface area contributed by atoms with Crippen LogP contribution in [0.15, 0.2) is 41.8 Å². The van der Waals surface area contributed by atoms with Gasteiger partial charge in [-0.05, 0) is 36.5 Å². The van der Waals surface area contributed by atoms with Crippen LogP contribution in [-0.4, -0.2) is 61.9 Å².